The molecule has 0 aromatic carbocycles. The van der Waals surface area contributed by atoms with Gasteiger partial charge in [-0.3, -0.25) is 4.79 Å². The van der Waals surface area contributed by atoms with Crippen molar-refractivity contribution in [3.05, 3.63) is 10.6 Å². The van der Waals surface area contributed by atoms with E-state index in [1.807, 2.05) is 6.92 Å². The molecule has 130 valence electrons. The number of nitrogens with one attached hydrogen (secondary N) is 1. The Balaban J connectivity index is 2.80. The molecule has 0 unspecified atom stereocenters. The zero-order valence-corrected chi connectivity index (χ0v) is 13.8. The number of nitrogens with zero attached hydrogens (tertiary/aromatic N) is 1. The average molecular weight is 352 g/mol. The Hall–Kier alpha value is -1.64. The molecule has 0 radical (unpaired) electrons. The predicted molar refractivity (Wildman–Crippen MR) is 80.5 cm³/mol. The first-order valence-electron chi connectivity index (χ1n) is 7.34. The first kappa shape index (κ1) is 19.4. The second-order valence-corrected chi connectivity index (χ2v) is 5.77. The van der Waals surface area contributed by atoms with Crippen molar-refractivity contribution in [2.45, 2.75) is 52.1 Å². The minimum atomic E-state index is -4.79. The molecule has 0 saturated carbocycles. The van der Waals surface area contributed by atoms with Crippen molar-refractivity contribution in [1.29, 1.82) is 0 Å². The topological polar surface area (TPSA) is 68.3 Å². The van der Waals surface area contributed by atoms with Gasteiger partial charge in [-0.2, -0.15) is 13.2 Å². The van der Waals surface area contributed by atoms with E-state index < -0.39 is 28.6 Å². The lowest BCUT2D eigenvalue weighted by atomic mass is 10.1. The molecular weight excluding hydrogens is 333 g/mol. The predicted octanol–water partition coefficient (Wildman–Crippen LogP) is 4.25. The Morgan fingerprint density at radius 2 is 1.91 bits per heavy atom. The first-order valence-corrected chi connectivity index (χ1v) is 8.16. The van der Waals surface area contributed by atoms with Gasteiger partial charge in [-0.05, 0) is 13.3 Å². The van der Waals surface area contributed by atoms with Crippen LogP contribution >= 0.6 is 11.3 Å². The fourth-order valence-corrected chi connectivity index (χ4v) is 2.69. The highest BCUT2D eigenvalue weighted by molar-refractivity contribution is 7.17. The number of esters is 1. The van der Waals surface area contributed by atoms with Gasteiger partial charge in [0.1, 0.15) is 4.88 Å². The van der Waals surface area contributed by atoms with Gasteiger partial charge in [0.2, 0.25) is 5.91 Å². The lowest BCUT2D eigenvalue weighted by Gasteiger charge is -2.05. The van der Waals surface area contributed by atoms with E-state index in [0.717, 1.165) is 19.3 Å². The van der Waals surface area contributed by atoms with Crippen LogP contribution in [0.2, 0.25) is 0 Å². The summed E-state index contributed by atoms with van der Waals surface area (Å²) < 4.78 is 43.3. The number of aromatic nitrogens is 1. The van der Waals surface area contributed by atoms with Crippen LogP contribution in [-0.4, -0.2) is 23.5 Å². The summed E-state index contributed by atoms with van der Waals surface area (Å²) in [7, 11) is 0. The average Bonchev–Trinajstić information content (AvgIpc) is 2.88. The molecule has 1 amide bonds. The first-order chi connectivity index (χ1) is 10.8. The van der Waals surface area contributed by atoms with Crippen LogP contribution in [0.1, 0.15) is 61.3 Å². The van der Waals surface area contributed by atoms with Gasteiger partial charge in [0.15, 0.2) is 10.8 Å². The molecule has 0 aliphatic rings. The summed E-state index contributed by atoms with van der Waals surface area (Å²) in [5.74, 6) is -1.51. The van der Waals surface area contributed by atoms with Gasteiger partial charge in [0, 0.05) is 6.42 Å². The maximum atomic E-state index is 12.9. The quantitative estimate of drug-likeness (QED) is 0.561. The van der Waals surface area contributed by atoms with Gasteiger partial charge in [-0.1, -0.05) is 37.5 Å². The number of rotatable bonds is 8. The summed E-state index contributed by atoms with van der Waals surface area (Å²) in [6.45, 7) is 3.48. The van der Waals surface area contributed by atoms with Crippen molar-refractivity contribution in [3.63, 3.8) is 0 Å². The molecule has 0 aliphatic carbocycles. The van der Waals surface area contributed by atoms with Crippen molar-refractivity contribution in [1.82, 2.24) is 4.98 Å². The standard InChI is InChI=1S/C14H19F3N2O3S/c1-3-5-6-7-8-9(20)18-13-19-11(14(15,16)17)10(23-13)12(21)22-4-2/h3-8H2,1-2H3,(H,18,19,20). The molecule has 1 aromatic heterocycles. The van der Waals surface area contributed by atoms with Gasteiger partial charge < -0.3 is 10.1 Å². The SMILES string of the molecule is CCCCCCC(=O)Nc1nc(C(F)(F)F)c(C(=O)OCC)s1. The van der Waals surface area contributed by atoms with E-state index >= 15 is 0 Å². The number of hydrogen-bond acceptors (Lipinski definition) is 5. The van der Waals surface area contributed by atoms with Crippen molar-refractivity contribution >= 4 is 28.3 Å². The third kappa shape index (κ3) is 6.17. The number of carbonyl (C=O) groups excluding carboxylic acids is 2. The van der Waals surface area contributed by atoms with Crippen molar-refractivity contribution in [2.75, 3.05) is 11.9 Å². The Kier molecular flexibility index (Phi) is 7.47. The van der Waals surface area contributed by atoms with Crippen LogP contribution < -0.4 is 5.32 Å². The van der Waals surface area contributed by atoms with E-state index in [2.05, 4.69) is 15.0 Å². The van der Waals surface area contributed by atoms with E-state index in [1.165, 1.54) is 6.92 Å². The highest BCUT2D eigenvalue weighted by atomic mass is 32.1. The van der Waals surface area contributed by atoms with Gasteiger partial charge in [0.25, 0.3) is 0 Å². The lowest BCUT2D eigenvalue weighted by Crippen LogP contribution is -2.14. The van der Waals surface area contributed by atoms with Crippen LogP contribution in [0.3, 0.4) is 0 Å². The molecule has 9 heteroatoms. The number of anilines is 1. The molecule has 1 aromatic rings. The molecular formula is C14H19F3N2O3S. The Labute approximate surface area is 136 Å². The number of halogens is 3. The molecule has 0 atom stereocenters. The summed E-state index contributed by atoms with van der Waals surface area (Å²) in [5, 5.41) is 2.06. The molecule has 1 rings (SSSR count). The molecule has 5 nitrogen and oxygen atoms in total. The minimum absolute atomic E-state index is 0.0485. The summed E-state index contributed by atoms with van der Waals surface area (Å²) >= 11 is 0.469. The van der Waals surface area contributed by atoms with Crippen molar-refractivity contribution in [3.8, 4) is 0 Å². The van der Waals surface area contributed by atoms with Gasteiger partial charge >= 0.3 is 12.1 Å². The highest BCUT2D eigenvalue weighted by Crippen LogP contribution is 2.36. The third-order valence-corrected chi connectivity index (χ3v) is 3.81. The summed E-state index contributed by atoms with van der Waals surface area (Å²) in [6.07, 6.45) is -1.04. The fraction of sp³-hybridized carbons (Fsp3) is 0.643. The second-order valence-electron chi connectivity index (χ2n) is 4.77. The van der Waals surface area contributed by atoms with E-state index in [9.17, 15) is 22.8 Å². The van der Waals surface area contributed by atoms with E-state index in [1.54, 1.807) is 0 Å². The fourth-order valence-electron chi connectivity index (χ4n) is 1.79. The van der Waals surface area contributed by atoms with E-state index in [0.29, 0.717) is 17.8 Å². The zero-order chi connectivity index (χ0) is 17.5. The number of carbonyl (C=O) groups is 2. The van der Waals surface area contributed by atoms with Gasteiger partial charge in [0.05, 0.1) is 6.61 Å². The number of thiazole rings is 1. The van der Waals surface area contributed by atoms with Crippen LogP contribution in [0.4, 0.5) is 18.3 Å². The molecule has 0 spiro atoms. The number of alkyl halides is 3. The Morgan fingerprint density at radius 1 is 1.22 bits per heavy atom. The van der Waals surface area contributed by atoms with Crippen LogP contribution in [0.5, 0.6) is 0 Å². The Bertz CT molecular complexity index is 544. The van der Waals surface area contributed by atoms with Crippen LogP contribution in [0.15, 0.2) is 0 Å². The molecule has 0 saturated heterocycles. The smallest absolute Gasteiger partial charge is 0.435 e. The normalized spacial score (nSPS) is 11.3. The van der Waals surface area contributed by atoms with Gasteiger partial charge in [-0.15, -0.1) is 0 Å². The highest BCUT2D eigenvalue weighted by Gasteiger charge is 2.40. The summed E-state index contributed by atoms with van der Waals surface area (Å²) in [5.41, 5.74) is -1.33. The van der Waals surface area contributed by atoms with Gasteiger partial charge in [-0.25, -0.2) is 9.78 Å². The minimum Gasteiger partial charge on any atom is -0.462 e. The molecule has 23 heavy (non-hydrogen) atoms. The monoisotopic (exact) mass is 352 g/mol. The molecule has 0 bridgehead atoms. The lowest BCUT2D eigenvalue weighted by molar-refractivity contribution is -0.141. The molecule has 1 heterocycles. The maximum absolute atomic E-state index is 12.9. The molecule has 0 fully saturated rings. The van der Waals surface area contributed by atoms with Crippen LogP contribution in [0.25, 0.3) is 0 Å². The molecule has 0 aliphatic heterocycles. The van der Waals surface area contributed by atoms with Crippen LogP contribution in [-0.2, 0) is 15.7 Å². The second kappa shape index (κ2) is 8.85. The number of hydrogen-bond donors (Lipinski definition) is 1. The maximum Gasteiger partial charge on any atom is 0.435 e. The zero-order valence-electron chi connectivity index (χ0n) is 13.0. The third-order valence-electron chi connectivity index (χ3n) is 2.86. The largest absolute Gasteiger partial charge is 0.462 e. The number of unbranched alkanes of at least 4 members (excludes halogenated alkanes) is 3. The number of amides is 1. The van der Waals surface area contributed by atoms with Crippen LogP contribution in [0, 0.1) is 0 Å². The van der Waals surface area contributed by atoms with Crippen molar-refractivity contribution in [2.24, 2.45) is 0 Å². The Morgan fingerprint density at radius 3 is 2.48 bits per heavy atom. The van der Waals surface area contributed by atoms with E-state index in [-0.39, 0.29) is 18.2 Å². The number of ether oxygens (including phenoxy) is 1. The molecule has 1 N–H and O–H groups in total. The van der Waals surface area contributed by atoms with Crippen molar-refractivity contribution < 1.29 is 27.5 Å². The summed E-state index contributed by atoms with van der Waals surface area (Å²) in [6, 6.07) is 0. The summed E-state index contributed by atoms with van der Waals surface area (Å²) in [4.78, 5) is 26.0. The van der Waals surface area contributed by atoms with E-state index in [4.69, 9.17) is 0 Å².